The van der Waals surface area contributed by atoms with Crippen molar-refractivity contribution in [2.45, 2.75) is 44.8 Å². The van der Waals surface area contributed by atoms with Gasteiger partial charge in [0.05, 0.1) is 11.1 Å². The quantitative estimate of drug-likeness (QED) is 0.878. The van der Waals surface area contributed by atoms with Gasteiger partial charge in [-0.3, -0.25) is 4.79 Å². The van der Waals surface area contributed by atoms with E-state index in [0.717, 1.165) is 32.3 Å². The van der Waals surface area contributed by atoms with Crippen molar-refractivity contribution in [3.63, 3.8) is 0 Å². The smallest absolute Gasteiger partial charge is 0.251 e. The van der Waals surface area contributed by atoms with Gasteiger partial charge in [-0.2, -0.15) is 0 Å². The molecule has 0 spiro atoms. The molecule has 1 aliphatic rings. The molecular formula is C15H20ClNO3. The Morgan fingerprint density at radius 1 is 1.60 bits per heavy atom. The Bertz CT molecular complexity index is 472. The van der Waals surface area contributed by atoms with Crippen LogP contribution in [0.2, 0.25) is 5.02 Å². The summed E-state index contributed by atoms with van der Waals surface area (Å²) in [7, 11) is 0. The Morgan fingerprint density at radius 3 is 3.05 bits per heavy atom. The maximum absolute atomic E-state index is 12.0. The number of carbonyl (C=O) groups is 1. The molecular weight excluding hydrogens is 278 g/mol. The number of phenols is 1. The number of phenolic OH excluding ortho intramolecular Hbond substituents is 1. The highest BCUT2D eigenvalue weighted by Gasteiger charge is 2.17. The number of aromatic hydroxyl groups is 1. The Kier molecular flexibility index (Phi) is 5.26. The van der Waals surface area contributed by atoms with E-state index in [2.05, 4.69) is 5.32 Å². The fourth-order valence-electron chi connectivity index (χ4n) is 2.34. The fraction of sp³-hybridized carbons (Fsp3) is 0.533. The van der Waals surface area contributed by atoms with Gasteiger partial charge in [-0.15, -0.1) is 0 Å². The van der Waals surface area contributed by atoms with Crippen molar-refractivity contribution in [2.75, 3.05) is 6.61 Å². The largest absolute Gasteiger partial charge is 0.506 e. The highest BCUT2D eigenvalue weighted by Crippen LogP contribution is 2.23. The van der Waals surface area contributed by atoms with Gasteiger partial charge in [0.2, 0.25) is 0 Å². The van der Waals surface area contributed by atoms with Crippen LogP contribution in [0.4, 0.5) is 0 Å². The SMILES string of the molecule is C[C@@H](CC[C@H]1CCCO1)NC(=O)c1ccc(O)c(Cl)c1. The molecule has 1 heterocycles. The minimum atomic E-state index is -0.174. The van der Waals surface area contributed by atoms with Crippen LogP contribution in [0, 0.1) is 0 Å². The lowest BCUT2D eigenvalue weighted by atomic mass is 10.1. The average Bonchev–Trinajstić information content (AvgIpc) is 2.92. The Labute approximate surface area is 124 Å². The first-order chi connectivity index (χ1) is 9.56. The third kappa shape index (κ3) is 4.12. The maximum atomic E-state index is 12.0. The van der Waals surface area contributed by atoms with Gasteiger partial charge in [-0.05, 0) is 50.8 Å². The van der Waals surface area contributed by atoms with Crippen LogP contribution in [-0.2, 0) is 4.74 Å². The Morgan fingerprint density at radius 2 is 2.40 bits per heavy atom. The van der Waals surface area contributed by atoms with E-state index in [1.54, 1.807) is 6.07 Å². The fourth-order valence-corrected chi connectivity index (χ4v) is 2.52. The van der Waals surface area contributed by atoms with Crippen LogP contribution in [0.15, 0.2) is 18.2 Å². The standard InChI is InChI=1S/C15H20ClNO3/c1-10(4-6-12-3-2-8-20-12)17-15(19)11-5-7-14(18)13(16)9-11/h5,7,9-10,12,18H,2-4,6,8H2,1H3,(H,17,19)/t10-,12+/m0/s1. The van der Waals surface area contributed by atoms with Crippen molar-refractivity contribution in [3.05, 3.63) is 28.8 Å². The zero-order valence-electron chi connectivity index (χ0n) is 11.6. The minimum absolute atomic E-state index is 0.0188. The molecule has 110 valence electrons. The molecule has 0 saturated carbocycles. The summed E-state index contributed by atoms with van der Waals surface area (Å²) in [6.07, 6.45) is 4.46. The first-order valence-electron chi connectivity index (χ1n) is 6.97. The van der Waals surface area contributed by atoms with E-state index < -0.39 is 0 Å². The lowest BCUT2D eigenvalue weighted by Gasteiger charge is -2.16. The molecule has 5 heteroatoms. The first kappa shape index (κ1) is 15.1. The van der Waals surface area contributed by atoms with E-state index >= 15 is 0 Å². The van der Waals surface area contributed by atoms with Crippen LogP contribution in [-0.4, -0.2) is 29.8 Å². The summed E-state index contributed by atoms with van der Waals surface area (Å²) in [5.74, 6) is -0.193. The molecule has 1 aromatic rings. The number of hydrogen-bond donors (Lipinski definition) is 2. The molecule has 4 nitrogen and oxygen atoms in total. The molecule has 1 saturated heterocycles. The summed E-state index contributed by atoms with van der Waals surface area (Å²) in [5, 5.41) is 12.5. The van der Waals surface area contributed by atoms with Gasteiger partial charge in [0.15, 0.2) is 0 Å². The number of carbonyl (C=O) groups excluding carboxylic acids is 1. The maximum Gasteiger partial charge on any atom is 0.251 e. The molecule has 2 rings (SSSR count). The van der Waals surface area contributed by atoms with E-state index in [9.17, 15) is 9.90 Å². The number of halogens is 1. The topological polar surface area (TPSA) is 58.6 Å². The van der Waals surface area contributed by atoms with E-state index in [-0.39, 0.29) is 22.7 Å². The van der Waals surface area contributed by atoms with Crippen molar-refractivity contribution >= 4 is 17.5 Å². The second-order valence-corrected chi connectivity index (χ2v) is 5.66. The third-order valence-corrected chi connectivity index (χ3v) is 3.84. The minimum Gasteiger partial charge on any atom is -0.506 e. The van der Waals surface area contributed by atoms with E-state index in [4.69, 9.17) is 16.3 Å². The summed E-state index contributed by atoms with van der Waals surface area (Å²) in [6.45, 7) is 2.84. The molecule has 2 N–H and O–H groups in total. The number of nitrogens with one attached hydrogen (secondary N) is 1. The average molecular weight is 298 g/mol. The molecule has 20 heavy (non-hydrogen) atoms. The van der Waals surface area contributed by atoms with Crippen LogP contribution in [0.1, 0.15) is 43.0 Å². The third-order valence-electron chi connectivity index (χ3n) is 3.53. The van der Waals surface area contributed by atoms with Gasteiger partial charge in [-0.1, -0.05) is 11.6 Å². The van der Waals surface area contributed by atoms with Crippen molar-refractivity contribution in [1.82, 2.24) is 5.32 Å². The summed E-state index contributed by atoms with van der Waals surface area (Å²) in [4.78, 5) is 12.0. The number of rotatable bonds is 5. The van der Waals surface area contributed by atoms with Crippen molar-refractivity contribution in [3.8, 4) is 5.75 Å². The highest BCUT2D eigenvalue weighted by molar-refractivity contribution is 6.32. The van der Waals surface area contributed by atoms with E-state index in [1.807, 2.05) is 6.92 Å². The summed E-state index contributed by atoms with van der Waals surface area (Å²) in [6, 6.07) is 4.54. The van der Waals surface area contributed by atoms with Gasteiger partial charge in [-0.25, -0.2) is 0 Å². The van der Waals surface area contributed by atoms with Crippen molar-refractivity contribution in [2.24, 2.45) is 0 Å². The Hall–Kier alpha value is -1.26. The zero-order chi connectivity index (χ0) is 14.5. The molecule has 0 radical (unpaired) electrons. The molecule has 1 aromatic carbocycles. The van der Waals surface area contributed by atoms with Gasteiger partial charge in [0.1, 0.15) is 5.75 Å². The number of ether oxygens (including phenoxy) is 1. The number of hydrogen-bond acceptors (Lipinski definition) is 3. The first-order valence-corrected chi connectivity index (χ1v) is 7.35. The lowest BCUT2D eigenvalue weighted by molar-refractivity contribution is 0.0899. The van der Waals surface area contributed by atoms with Gasteiger partial charge >= 0.3 is 0 Å². The molecule has 1 amide bonds. The van der Waals surface area contributed by atoms with E-state index in [1.165, 1.54) is 12.1 Å². The van der Waals surface area contributed by atoms with Crippen LogP contribution < -0.4 is 5.32 Å². The summed E-state index contributed by atoms with van der Waals surface area (Å²) in [5.41, 5.74) is 0.455. The van der Waals surface area contributed by atoms with Crippen LogP contribution in [0.5, 0.6) is 5.75 Å². The van der Waals surface area contributed by atoms with Gasteiger partial charge < -0.3 is 15.2 Å². The molecule has 1 fully saturated rings. The molecule has 2 atom stereocenters. The number of benzene rings is 1. The predicted molar refractivity (Wildman–Crippen MR) is 78.3 cm³/mol. The Balaban J connectivity index is 1.81. The molecule has 0 aliphatic carbocycles. The van der Waals surface area contributed by atoms with Crippen LogP contribution in [0.25, 0.3) is 0 Å². The number of amides is 1. The molecule has 0 unspecified atom stereocenters. The van der Waals surface area contributed by atoms with Gasteiger partial charge in [0, 0.05) is 18.2 Å². The van der Waals surface area contributed by atoms with Crippen LogP contribution >= 0.6 is 11.6 Å². The molecule has 0 bridgehead atoms. The second-order valence-electron chi connectivity index (χ2n) is 5.25. The van der Waals surface area contributed by atoms with Crippen molar-refractivity contribution < 1.29 is 14.6 Å². The molecule has 0 aromatic heterocycles. The highest BCUT2D eigenvalue weighted by atomic mass is 35.5. The second kappa shape index (κ2) is 6.95. The van der Waals surface area contributed by atoms with Gasteiger partial charge in [0.25, 0.3) is 5.91 Å². The predicted octanol–water partition coefficient (Wildman–Crippen LogP) is 3.12. The lowest BCUT2D eigenvalue weighted by Crippen LogP contribution is -2.33. The van der Waals surface area contributed by atoms with E-state index in [0.29, 0.717) is 11.7 Å². The zero-order valence-corrected chi connectivity index (χ0v) is 12.3. The molecule has 1 aliphatic heterocycles. The summed E-state index contributed by atoms with van der Waals surface area (Å²) < 4.78 is 5.56. The van der Waals surface area contributed by atoms with Crippen LogP contribution in [0.3, 0.4) is 0 Å². The van der Waals surface area contributed by atoms with Crippen molar-refractivity contribution in [1.29, 1.82) is 0 Å². The normalized spacial score (nSPS) is 19.8. The summed E-state index contributed by atoms with van der Waals surface area (Å²) >= 11 is 5.80. The monoisotopic (exact) mass is 297 g/mol.